The third kappa shape index (κ3) is 4.55. The van der Waals surface area contributed by atoms with Crippen molar-refractivity contribution in [3.63, 3.8) is 0 Å². The van der Waals surface area contributed by atoms with Gasteiger partial charge in [0, 0.05) is 0 Å². The van der Waals surface area contributed by atoms with E-state index in [1.807, 2.05) is 0 Å². The van der Waals surface area contributed by atoms with Crippen LogP contribution in [-0.2, 0) is 4.79 Å². The van der Waals surface area contributed by atoms with Gasteiger partial charge in [0.2, 0.25) is 0 Å². The number of carboxylic acid groups (broad SMARTS) is 1. The Labute approximate surface area is 65.7 Å². The molecule has 0 aromatic heterocycles. The molecule has 0 rings (SSSR count). The van der Waals surface area contributed by atoms with Gasteiger partial charge in [0.05, 0.1) is 6.61 Å². The summed E-state index contributed by atoms with van der Waals surface area (Å²) in [4.78, 5) is 10.1. The maximum atomic E-state index is 10.1. The number of hydrogen-bond acceptors (Lipinski definition) is 3. The van der Waals surface area contributed by atoms with Gasteiger partial charge in [-0.05, 0) is 6.54 Å². The average Bonchev–Trinajstić information content (AvgIpc) is 1.82. The zero-order chi connectivity index (χ0) is 7.28. The minimum atomic E-state index is -1.01. The smallest absolute Gasteiger partial charge is 0.323 e. The van der Waals surface area contributed by atoms with Crippen LogP contribution in [0.3, 0.4) is 0 Å². The summed E-state index contributed by atoms with van der Waals surface area (Å²) in [6, 6.07) is -0.810. The van der Waals surface area contributed by atoms with Gasteiger partial charge in [-0.3, -0.25) is 4.79 Å². The number of carbonyl (C=O) groups is 1. The molecule has 4 nitrogen and oxygen atoms in total. The molecule has 5 heteroatoms. The van der Waals surface area contributed by atoms with Gasteiger partial charge in [0.15, 0.2) is 0 Å². The molecule has 0 spiro atoms. The van der Waals surface area contributed by atoms with Crippen LogP contribution in [0.25, 0.3) is 0 Å². The van der Waals surface area contributed by atoms with E-state index in [1.54, 1.807) is 6.92 Å². The molecular weight excluding hydrogens is 158 g/mol. The monoisotopic (exact) mass is 169 g/mol. The van der Waals surface area contributed by atoms with E-state index in [4.69, 9.17) is 10.2 Å². The Hall–Kier alpha value is -0.320. The predicted molar refractivity (Wildman–Crippen MR) is 39.4 cm³/mol. The van der Waals surface area contributed by atoms with Crippen LogP contribution in [0.4, 0.5) is 0 Å². The fraction of sp³-hybridized carbons (Fsp3) is 0.800. The zero-order valence-corrected chi connectivity index (χ0v) is 6.52. The van der Waals surface area contributed by atoms with E-state index in [-0.39, 0.29) is 19.0 Å². The summed E-state index contributed by atoms with van der Waals surface area (Å²) in [5.74, 6) is -1.01. The van der Waals surface area contributed by atoms with Crippen molar-refractivity contribution in [2.75, 3.05) is 13.2 Å². The summed E-state index contributed by atoms with van der Waals surface area (Å²) in [5, 5.41) is 19.2. The number of aliphatic carboxylic acids is 1. The van der Waals surface area contributed by atoms with Crippen LogP contribution in [0.1, 0.15) is 6.92 Å². The molecule has 0 unspecified atom stereocenters. The van der Waals surface area contributed by atoms with Gasteiger partial charge in [0.25, 0.3) is 0 Å². The van der Waals surface area contributed by atoms with Gasteiger partial charge in [-0.1, -0.05) is 6.92 Å². The SMILES string of the molecule is CCN[C@H](CO)C(=O)O.Cl. The van der Waals surface area contributed by atoms with Gasteiger partial charge in [-0.15, -0.1) is 12.4 Å². The molecule has 62 valence electrons. The molecule has 0 bridgehead atoms. The van der Waals surface area contributed by atoms with Crippen LogP contribution in [0.5, 0.6) is 0 Å². The average molecular weight is 170 g/mol. The molecule has 0 aliphatic carbocycles. The Morgan fingerprint density at radius 2 is 2.20 bits per heavy atom. The van der Waals surface area contributed by atoms with Crippen molar-refractivity contribution in [1.29, 1.82) is 0 Å². The molecule has 0 saturated carbocycles. The van der Waals surface area contributed by atoms with Crippen LogP contribution < -0.4 is 5.32 Å². The van der Waals surface area contributed by atoms with Gasteiger partial charge in [0.1, 0.15) is 6.04 Å². The maximum absolute atomic E-state index is 10.1. The number of likely N-dealkylation sites (N-methyl/N-ethyl adjacent to an activating group) is 1. The quantitative estimate of drug-likeness (QED) is 0.529. The molecule has 0 saturated heterocycles. The predicted octanol–water partition coefficient (Wildman–Crippen LogP) is -0.537. The van der Waals surface area contributed by atoms with Gasteiger partial charge in [-0.2, -0.15) is 0 Å². The molecule has 0 aromatic carbocycles. The summed E-state index contributed by atoms with van der Waals surface area (Å²) in [6.45, 7) is 1.98. The lowest BCUT2D eigenvalue weighted by atomic mass is 10.3. The fourth-order valence-electron chi connectivity index (χ4n) is 0.476. The number of rotatable bonds is 4. The fourth-order valence-corrected chi connectivity index (χ4v) is 0.476. The molecular formula is C5H12ClNO3. The lowest BCUT2D eigenvalue weighted by Gasteiger charge is -2.07. The molecule has 0 heterocycles. The van der Waals surface area contributed by atoms with Crippen molar-refractivity contribution in [2.24, 2.45) is 0 Å². The van der Waals surface area contributed by atoms with Gasteiger partial charge < -0.3 is 15.5 Å². The van der Waals surface area contributed by atoms with Crippen molar-refractivity contribution in [3.05, 3.63) is 0 Å². The Morgan fingerprint density at radius 3 is 2.30 bits per heavy atom. The largest absolute Gasteiger partial charge is 0.480 e. The summed E-state index contributed by atoms with van der Waals surface area (Å²) in [6.07, 6.45) is 0. The molecule has 0 aromatic rings. The Morgan fingerprint density at radius 1 is 1.70 bits per heavy atom. The highest BCUT2D eigenvalue weighted by molar-refractivity contribution is 5.85. The molecule has 10 heavy (non-hydrogen) atoms. The number of aliphatic hydroxyl groups is 1. The summed E-state index contributed by atoms with van der Waals surface area (Å²) in [7, 11) is 0. The van der Waals surface area contributed by atoms with Crippen LogP contribution in [0, 0.1) is 0 Å². The van der Waals surface area contributed by atoms with Crippen molar-refractivity contribution in [3.8, 4) is 0 Å². The second-order valence-corrected chi connectivity index (χ2v) is 1.63. The Kier molecular flexibility index (Phi) is 8.40. The highest BCUT2D eigenvalue weighted by Gasteiger charge is 2.12. The third-order valence-corrected chi connectivity index (χ3v) is 0.931. The summed E-state index contributed by atoms with van der Waals surface area (Å²) >= 11 is 0. The van der Waals surface area contributed by atoms with Crippen molar-refractivity contribution in [1.82, 2.24) is 5.32 Å². The second kappa shape index (κ2) is 6.80. The lowest BCUT2D eigenvalue weighted by Crippen LogP contribution is -2.39. The topological polar surface area (TPSA) is 69.6 Å². The first-order valence-corrected chi connectivity index (χ1v) is 2.79. The molecule has 0 amide bonds. The van der Waals surface area contributed by atoms with Crippen LogP contribution in [0.2, 0.25) is 0 Å². The molecule has 0 aliphatic rings. The van der Waals surface area contributed by atoms with E-state index in [0.29, 0.717) is 6.54 Å². The Bertz CT molecular complexity index is 98.9. The molecule has 0 radical (unpaired) electrons. The lowest BCUT2D eigenvalue weighted by molar-refractivity contribution is -0.140. The molecule has 1 atom stereocenters. The number of halogens is 1. The first kappa shape index (κ1) is 12.4. The minimum absolute atomic E-state index is 0. The number of hydrogen-bond donors (Lipinski definition) is 3. The zero-order valence-electron chi connectivity index (χ0n) is 5.70. The summed E-state index contributed by atoms with van der Waals surface area (Å²) in [5.41, 5.74) is 0. The van der Waals surface area contributed by atoms with E-state index in [2.05, 4.69) is 5.32 Å². The normalized spacial score (nSPS) is 11.8. The van der Waals surface area contributed by atoms with Crippen LogP contribution in [0.15, 0.2) is 0 Å². The van der Waals surface area contributed by atoms with E-state index in [9.17, 15) is 4.79 Å². The van der Waals surface area contributed by atoms with E-state index >= 15 is 0 Å². The molecule has 0 fully saturated rings. The standard InChI is InChI=1S/C5H11NO3.ClH/c1-2-6-4(3-7)5(8)9;/h4,6-7H,2-3H2,1H3,(H,8,9);1H/t4-;/m1./s1. The first-order chi connectivity index (χ1) is 4.22. The molecule has 0 aliphatic heterocycles. The maximum Gasteiger partial charge on any atom is 0.323 e. The van der Waals surface area contributed by atoms with E-state index < -0.39 is 12.0 Å². The Balaban J connectivity index is 0. The molecule has 3 N–H and O–H groups in total. The highest BCUT2D eigenvalue weighted by Crippen LogP contribution is 1.79. The third-order valence-electron chi connectivity index (χ3n) is 0.931. The van der Waals surface area contributed by atoms with E-state index in [1.165, 1.54) is 0 Å². The summed E-state index contributed by atoms with van der Waals surface area (Å²) < 4.78 is 0. The number of aliphatic hydroxyl groups excluding tert-OH is 1. The minimum Gasteiger partial charge on any atom is -0.480 e. The number of carboxylic acids is 1. The van der Waals surface area contributed by atoms with Gasteiger partial charge in [-0.25, -0.2) is 0 Å². The number of nitrogens with one attached hydrogen (secondary N) is 1. The van der Waals surface area contributed by atoms with E-state index in [0.717, 1.165) is 0 Å². The van der Waals surface area contributed by atoms with Crippen LogP contribution >= 0.6 is 12.4 Å². The van der Waals surface area contributed by atoms with Crippen molar-refractivity contribution < 1.29 is 15.0 Å². The van der Waals surface area contributed by atoms with Gasteiger partial charge >= 0.3 is 5.97 Å². The van der Waals surface area contributed by atoms with Crippen molar-refractivity contribution >= 4 is 18.4 Å². The van der Waals surface area contributed by atoms with Crippen molar-refractivity contribution in [2.45, 2.75) is 13.0 Å². The van der Waals surface area contributed by atoms with Crippen LogP contribution in [-0.4, -0.2) is 35.4 Å². The second-order valence-electron chi connectivity index (χ2n) is 1.63. The first-order valence-electron chi connectivity index (χ1n) is 2.79. The highest BCUT2D eigenvalue weighted by atomic mass is 35.5.